The summed E-state index contributed by atoms with van der Waals surface area (Å²) in [7, 11) is 1.56. The molecule has 0 aliphatic carbocycles. The molecular formula is C24H29ClN6O2. The average molecular weight is 469 g/mol. The molecule has 33 heavy (non-hydrogen) atoms. The number of ether oxygens (including phenoxy) is 1. The van der Waals surface area contributed by atoms with Crippen LogP contribution in [0.4, 0.5) is 5.82 Å². The van der Waals surface area contributed by atoms with Gasteiger partial charge in [-0.25, -0.2) is 9.50 Å². The van der Waals surface area contributed by atoms with Gasteiger partial charge in [-0.2, -0.15) is 5.10 Å². The first-order valence-corrected chi connectivity index (χ1v) is 11.8. The smallest absolute Gasteiger partial charge is 0.258 e. The summed E-state index contributed by atoms with van der Waals surface area (Å²) in [6, 6.07) is 7.21. The van der Waals surface area contributed by atoms with Crippen molar-refractivity contribution in [3.8, 4) is 5.75 Å². The number of likely N-dealkylation sites (tertiary alicyclic amines) is 1. The average Bonchev–Trinajstić information content (AvgIpc) is 3.43. The number of piperidine rings is 1. The summed E-state index contributed by atoms with van der Waals surface area (Å²) in [5.41, 5.74) is 9.28. The maximum Gasteiger partial charge on any atom is 0.258 e. The number of nitrogens with two attached hydrogens (primary N) is 1. The molecule has 4 heterocycles. The first-order valence-electron chi connectivity index (χ1n) is 11.5. The third-order valence-corrected chi connectivity index (χ3v) is 6.88. The summed E-state index contributed by atoms with van der Waals surface area (Å²) in [4.78, 5) is 22.6. The molecule has 9 heteroatoms. The highest BCUT2D eigenvalue weighted by Gasteiger charge is 2.32. The maximum atomic E-state index is 13.6. The molecule has 2 fully saturated rings. The van der Waals surface area contributed by atoms with E-state index in [-0.39, 0.29) is 18.0 Å². The molecule has 2 saturated heterocycles. The Labute approximate surface area is 198 Å². The minimum absolute atomic E-state index is 0.0908. The number of methoxy groups -OCH3 is 1. The number of fused-ring (bicyclic) bond motifs is 1. The Hall–Kier alpha value is -2.84. The van der Waals surface area contributed by atoms with Gasteiger partial charge in [0.1, 0.15) is 11.6 Å². The van der Waals surface area contributed by atoms with Gasteiger partial charge in [0.05, 0.1) is 24.4 Å². The molecule has 8 nitrogen and oxygen atoms in total. The Morgan fingerprint density at radius 3 is 2.82 bits per heavy atom. The van der Waals surface area contributed by atoms with Crippen LogP contribution in [-0.2, 0) is 0 Å². The first kappa shape index (κ1) is 22.0. The number of carbonyl (C=O) groups is 1. The van der Waals surface area contributed by atoms with Crippen LogP contribution >= 0.6 is 11.6 Å². The first-order chi connectivity index (χ1) is 15.9. The van der Waals surface area contributed by atoms with Crippen molar-refractivity contribution in [2.75, 3.05) is 31.6 Å². The maximum absolute atomic E-state index is 13.6. The molecule has 0 saturated carbocycles. The lowest BCUT2D eigenvalue weighted by Gasteiger charge is -2.35. The summed E-state index contributed by atoms with van der Waals surface area (Å²) in [5, 5.41) is 5.33. The summed E-state index contributed by atoms with van der Waals surface area (Å²) in [6.45, 7) is 4.45. The number of hydrogen-bond donors (Lipinski definition) is 1. The third-order valence-electron chi connectivity index (χ3n) is 6.65. The van der Waals surface area contributed by atoms with Gasteiger partial charge in [-0.05, 0) is 50.8 Å². The van der Waals surface area contributed by atoms with E-state index in [9.17, 15) is 4.79 Å². The van der Waals surface area contributed by atoms with Gasteiger partial charge in [0, 0.05) is 48.5 Å². The highest BCUT2D eigenvalue weighted by molar-refractivity contribution is 6.31. The number of hydrogen-bond acceptors (Lipinski definition) is 6. The zero-order chi connectivity index (χ0) is 23.1. The fraction of sp³-hybridized carbons (Fsp3) is 0.458. The molecule has 5 rings (SSSR count). The van der Waals surface area contributed by atoms with Gasteiger partial charge in [-0.3, -0.25) is 4.79 Å². The molecule has 2 aliphatic rings. The number of anilines is 1. The van der Waals surface area contributed by atoms with E-state index in [2.05, 4.69) is 11.8 Å². The number of amides is 1. The molecule has 0 spiro atoms. The van der Waals surface area contributed by atoms with Gasteiger partial charge in [0.2, 0.25) is 0 Å². The van der Waals surface area contributed by atoms with E-state index in [0.29, 0.717) is 22.9 Å². The SMILES string of the molecule is COc1ccc(Cl)cc1C(=O)N1CCCCC1c1cc2nc(N3CCC(N)C3)c(C)cn2n1. The fourth-order valence-corrected chi connectivity index (χ4v) is 5.14. The van der Waals surface area contributed by atoms with Crippen LogP contribution in [0.15, 0.2) is 30.5 Å². The highest BCUT2D eigenvalue weighted by Crippen LogP contribution is 2.34. The van der Waals surface area contributed by atoms with Crippen molar-refractivity contribution < 1.29 is 9.53 Å². The lowest BCUT2D eigenvalue weighted by atomic mass is 9.98. The number of nitrogens with zero attached hydrogens (tertiary/aromatic N) is 5. The number of rotatable bonds is 4. The second-order valence-electron chi connectivity index (χ2n) is 8.97. The van der Waals surface area contributed by atoms with Crippen LogP contribution in [0.2, 0.25) is 5.02 Å². The van der Waals surface area contributed by atoms with E-state index in [1.165, 1.54) is 0 Å². The van der Waals surface area contributed by atoms with Gasteiger partial charge in [-0.15, -0.1) is 0 Å². The van der Waals surface area contributed by atoms with Crippen LogP contribution in [0.1, 0.15) is 53.3 Å². The van der Waals surface area contributed by atoms with E-state index >= 15 is 0 Å². The monoisotopic (exact) mass is 468 g/mol. The summed E-state index contributed by atoms with van der Waals surface area (Å²) < 4.78 is 7.26. The summed E-state index contributed by atoms with van der Waals surface area (Å²) in [5.74, 6) is 1.39. The Morgan fingerprint density at radius 1 is 1.21 bits per heavy atom. The molecule has 2 unspecified atom stereocenters. The quantitative estimate of drug-likeness (QED) is 0.629. The lowest BCUT2D eigenvalue weighted by molar-refractivity contribution is 0.0602. The molecular weight excluding hydrogens is 440 g/mol. The predicted octanol–water partition coefficient (Wildman–Crippen LogP) is 3.60. The van der Waals surface area contributed by atoms with E-state index < -0.39 is 0 Å². The van der Waals surface area contributed by atoms with Gasteiger partial charge in [0.15, 0.2) is 5.65 Å². The van der Waals surface area contributed by atoms with Crippen LogP contribution in [0.3, 0.4) is 0 Å². The second kappa shape index (κ2) is 8.83. The van der Waals surface area contributed by atoms with Crippen molar-refractivity contribution in [2.45, 2.75) is 44.7 Å². The molecule has 1 aromatic carbocycles. The normalized spacial score (nSPS) is 21.1. The molecule has 0 bridgehead atoms. The Kier molecular flexibility index (Phi) is 5.88. The molecule has 2 atom stereocenters. The Morgan fingerprint density at radius 2 is 2.06 bits per heavy atom. The molecule has 0 radical (unpaired) electrons. The van der Waals surface area contributed by atoms with Crippen molar-refractivity contribution in [3.63, 3.8) is 0 Å². The van der Waals surface area contributed by atoms with Crippen molar-refractivity contribution >= 4 is 29.0 Å². The van der Waals surface area contributed by atoms with Crippen molar-refractivity contribution in [1.29, 1.82) is 0 Å². The number of halogens is 1. The standard InChI is InChI=1S/C24H29ClN6O2/c1-15-13-31-22(27-23(15)29-10-8-17(26)14-29)12-19(28-31)20-5-3-4-9-30(20)24(32)18-11-16(25)6-7-21(18)33-2/h6-7,11-13,17,20H,3-5,8-10,14,26H2,1-2H3. The van der Waals surface area contributed by atoms with Crippen molar-refractivity contribution in [3.05, 3.63) is 52.3 Å². The highest BCUT2D eigenvalue weighted by atomic mass is 35.5. The van der Waals surface area contributed by atoms with Crippen molar-refractivity contribution in [2.24, 2.45) is 5.73 Å². The Balaban J connectivity index is 1.48. The number of carbonyl (C=O) groups excluding carboxylic acids is 1. The fourth-order valence-electron chi connectivity index (χ4n) is 4.97. The molecule has 2 aliphatic heterocycles. The van der Waals surface area contributed by atoms with Crippen LogP contribution in [0.25, 0.3) is 5.65 Å². The Bertz CT molecular complexity index is 1200. The molecule has 2 aromatic heterocycles. The van der Waals surface area contributed by atoms with Gasteiger partial charge >= 0.3 is 0 Å². The van der Waals surface area contributed by atoms with Crippen LogP contribution in [0.5, 0.6) is 5.75 Å². The number of aryl methyl sites for hydroxylation is 1. The zero-order valence-electron chi connectivity index (χ0n) is 19.0. The molecule has 174 valence electrons. The largest absolute Gasteiger partial charge is 0.496 e. The second-order valence-corrected chi connectivity index (χ2v) is 9.41. The van der Waals surface area contributed by atoms with Crippen LogP contribution in [-0.4, -0.2) is 58.2 Å². The lowest BCUT2D eigenvalue weighted by Crippen LogP contribution is -2.38. The van der Waals surface area contributed by atoms with Gasteiger partial charge in [-0.1, -0.05) is 11.6 Å². The predicted molar refractivity (Wildman–Crippen MR) is 128 cm³/mol. The van der Waals surface area contributed by atoms with Crippen LogP contribution < -0.4 is 15.4 Å². The van der Waals surface area contributed by atoms with E-state index in [4.69, 9.17) is 32.2 Å². The summed E-state index contributed by atoms with van der Waals surface area (Å²) in [6.07, 6.45) is 5.84. The van der Waals surface area contributed by atoms with Gasteiger partial charge < -0.3 is 20.3 Å². The molecule has 2 N–H and O–H groups in total. The van der Waals surface area contributed by atoms with E-state index in [1.807, 2.05) is 21.7 Å². The van der Waals surface area contributed by atoms with E-state index in [0.717, 1.165) is 61.5 Å². The van der Waals surface area contributed by atoms with Crippen molar-refractivity contribution in [1.82, 2.24) is 19.5 Å². The summed E-state index contributed by atoms with van der Waals surface area (Å²) >= 11 is 6.19. The van der Waals surface area contributed by atoms with E-state index in [1.54, 1.807) is 25.3 Å². The zero-order valence-corrected chi connectivity index (χ0v) is 19.8. The molecule has 3 aromatic rings. The molecule has 1 amide bonds. The number of benzene rings is 1. The third kappa shape index (κ3) is 4.13. The van der Waals surface area contributed by atoms with Gasteiger partial charge in [0.25, 0.3) is 5.91 Å². The topological polar surface area (TPSA) is 89.0 Å². The minimum atomic E-state index is -0.124. The number of aromatic nitrogens is 3. The minimum Gasteiger partial charge on any atom is -0.496 e. The van der Waals surface area contributed by atoms with Crippen LogP contribution in [0, 0.1) is 6.92 Å².